The van der Waals surface area contributed by atoms with Crippen LogP contribution in [-0.4, -0.2) is 41.0 Å². The summed E-state index contributed by atoms with van der Waals surface area (Å²) in [6.07, 6.45) is 43.9. The number of unbranched alkanes of at least 4 members (excludes halogenated alkanes) is 19. The van der Waals surface area contributed by atoms with Crippen molar-refractivity contribution in [2.24, 2.45) is 0 Å². The van der Waals surface area contributed by atoms with Crippen molar-refractivity contribution >= 4 is 19.8 Å². The van der Waals surface area contributed by atoms with Gasteiger partial charge in [-0.3, -0.25) is 14.1 Å². The molecule has 0 aliphatic rings. The molecule has 1 atom stereocenters. The molecule has 290 valence electrons. The minimum Gasteiger partial charge on any atom is -0.462 e. The van der Waals surface area contributed by atoms with Gasteiger partial charge in [0.05, 0.1) is 6.61 Å². The highest BCUT2D eigenvalue weighted by Gasteiger charge is 2.22. The SMILES string of the molecule is CCCCC/C=C/C/C=C/CCCCCCCCCC(=O)O[C@H](COC(=O)CCCCCCC/C=C/C=C/CCCCCC)COP(=O)(O)O. The molecule has 2 N–H and O–H groups in total. The summed E-state index contributed by atoms with van der Waals surface area (Å²) in [4.78, 5) is 42.8. The molecule has 50 heavy (non-hydrogen) atoms. The summed E-state index contributed by atoms with van der Waals surface area (Å²) in [5.74, 6) is -0.913. The summed E-state index contributed by atoms with van der Waals surface area (Å²) in [7, 11) is -4.76. The van der Waals surface area contributed by atoms with Gasteiger partial charge in [-0.15, -0.1) is 0 Å². The standard InChI is InChI=1S/C41H73O8P/c1-3-5-7-9-11-13-15-17-19-20-22-24-26-28-30-32-34-36-41(43)49-39(38-48-50(44,45)46)37-47-40(42)35-33-31-29-27-25-23-21-18-16-14-12-10-8-6-4-2/h11,13-14,16-19,21,39H,3-10,12,15,20,22-38H2,1-2H3,(H2,44,45,46)/b13-11+,16-14+,19-17+,21-18+/t39-/m1/s1. The molecule has 0 aliphatic heterocycles. The molecule has 0 rings (SSSR count). The maximum Gasteiger partial charge on any atom is 0.469 e. The number of hydrogen-bond acceptors (Lipinski definition) is 6. The number of phosphoric acid groups is 1. The maximum atomic E-state index is 12.4. The number of ether oxygens (including phenoxy) is 2. The van der Waals surface area contributed by atoms with E-state index < -0.39 is 32.5 Å². The van der Waals surface area contributed by atoms with Crippen LogP contribution >= 0.6 is 7.82 Å². The lowest BCUT2D eigenvalue weighted by molar-refractivity contribution is -0.161. The highest BCUT2D eigenvalue weighted by molar-refractivity contribution is 7.46. The number of phosphoric ester groups is 1. The zero-order valence-electron chi connectivity index (χ0n) is 31.8. The molecule has 0 fully saturated rings. The van der Waals surface area contributed by atoms with Crippen LogP contribution in [0.15, 0.2) is 48.6 Å². The molecule has 0 spiro atoms. The van der Waals surface area contributed by atoms with Crippen molar-refractivity contribution in [3.63, 3.8) is 0 Å². The number of carbonyl (C=O) groups excluding carboxylic acids is 2. The van der Waals surface area contributed by atoms with Crippen molar-refractivity contribution in [3.8, 4) is 0 Å². The molecule has 9 heteroatoms. The Labute approximate surface area is 305 Å². The maximum absolute atomic E-state index is 12.4. The van der Waals surface area contributed by atoms with E-state index in [1.54, 1.807) is 0 Å². The van der Waals surface area contributed by atoms with E-state index in [-0.39, 0.29) is 19.4 Å². The van der Waals surface area contributed by atoms with E-state index in [1.807, 2.05) is 0 Å². The quantitative estimate of drug-likeness (QED) is 0.0215. The number of hydrogen-bond donors (Lipinski definition) is 2. The fourth-order valence-corrected chi connectivity index (χ4v) is 5.69. The van der Waals surface area contributed by atoms with Crippen LogP contribution in [0.25, 0.3) is 0 Å². The Morgan fingerprint density at radius 2 is 0.960 bits per heavy atom. The lowest BCUT2D eigenvalue weighted by atomic mass is 10.1. The first-order valence-corrected chi connectivity index (χ1v) is 21.5. The van der Waals surface area contributed by atoms with Crippen LogP contribution in [0.4, 0.5) is 0 Å². The zero-order chi connectivity index (χ0) is 36.8. The fourth-order valence-electron chi connectivity index (χ4n) is 5.33. The van der Waals surface area contributed by atoms with Crippen LogP contribution < -0.4 is 0 Å². The Hall–Kier alpha value is -1.99. The van der Waals surface area contributed by atoms with E-state index in [4.69, 9.17) is 19.3 Å². The van der Waals surface area contributed by atoms with E-state index in [1.165, 1.54) is 70.6 Å². The van der Waals surface area contributed by atoms with Crippen LogP contribution in [-0.2, 0) is 28.2 Å². The van der Waals surface area contributed by atoms with Crippen LogP contribution in [0, 0.1) is 0 Å². The third-order valence-electron chi connectivity index (χ3n) is 8.35. The van der Waals surface area contributed by atoms with Crippen molar-refractivity contribution in [1.82, 2.24) is 0 Å². The lowest BCUT2D eigenvalue weighted by Gasteiger charge is -2.18. The molecular formula is C41H73O8P. The van der Waals surface area contributed by atoms with Crippen LogP contribution in [0.1, 0.15) is 181 Å². The summed E-state index contributed by atoms with van der Waals surface area (Å²) in [6, 6.07) is 0. The molecule has 0 saturated carbocycles. The Morgan fingerprint density at radius 1 is 0.540 bits per heavy atom. The van der Waals surface area contributed by atoms with Crippen molar-refractivity contribution in [2.45, 2.75) is 187 Å². The highest BCUT2D eigenvalue weighted by Crippen LogP contribution is 2.36. The van der Waals surface area contributed by atoms with Crippen molar-refractivity contribution in [1.29, 1.82) is 0 Å². The van der Waals surface area contributed by atoms with E-state index in [9.17, 15) is 14.2 Å². The van der Waals surface area contributed by atoms with Gasteiger partial charge in [-0.25, -0.2) is 4.57 Å². The molecule has 0 radical (unpaired) electrons. The smallest absolute Gasteiger partial charge is 0.462 e. The van der Waals surface area contributed by atoms with Crippen molar-refractivity contribution in [3.05, 3.63) is 48.6 Å². The van der Waals surface area contributed by atoms with Gasteiger partial charge in [0.25, 0.3) is 0 Å². The Bertz CT molecular complexity index is 952. The van der Waals surface area contributed by atoms with E-state index in [2.05, 4.69) is 67.0 Å². The number of rotatable bonds is 36. The predicted octanol–water partition coefficient (Wildman–Crippen LogP) is 12.0. The van der Waals surface area contributed by atoms with Gasteiger partial charge in [0.15, 0.2) is 6.10 Å². The third kappa shape index (κ3) is 38.8. The largest absolute Gasteiger partial charge is 0.469 e. The van der Waals surface area contributed by atoms with Gasteiger partial charge in [-0.05, 0) is 70.6 Å². The summed E-state index contributed by atoms with van der Waals surface area (Å²) >= 11 is 0. The van der Waals surface area contributed by atoms with E-state index >= 15 is 0 Å². The fraction of sp³-hybridized carbons (Fsp3) is 0.756. The highest BCUT2D eigenvalue weighted by atomic mass is 31.2. The molecule has 0 amide bonds. The number of allylic oxidation sites excluding steroid dienone is 8. The number of carbonyl (C=O) groups is 2. The molecule has 0 unspecified atom stereocenters. The molecule has 0 aliphatic carbocycles. The molecular weight excluding hydrogens is 651 g/mol. The average molecular weight is 725 g/mol. The molecule has 0 aromatic heterocycles. The normalized spacial score (nSPS) is 13.0. The second-order valence-corrected chi connectivity index (χ2v) is 14.5. The minimum atomic E-state index is -4.76. The zero-order valence-corrected chi connectivity index (χ0v) is 32.7. The Kier molecular flexibility index (Phi) is 35.3. The second kappa shape index (κ2) is 36.8. The van der Waals surface area contributed by atoms with Gasteiger partial charge in [-0.2, -0.15) is 0 Å². The van der Waals surface area contributed by atoms with Crippen molar-refractivity contribution < 1.29 is 37.9 Å². The summed E-state index contributed by atoms with van der Waals surface area (Å²) in [5.41, 5.74) is 0. The first kappa shape index (κ1) is 48.0. The summed E-state index contributed by atoms with van der Waals surface area (Å²) < 4.78 is 26.3. The molecule has 0 heterocycles. The van der Waals surface area contributed by atoms with Crippen LogP contribution in [0.3, 0.4) is 0 Å². The Morgan fingerprint density at radius 3 is 1.48 bits per heavy atom. The average Bonchev–Trinajstić information content (AvgIpc) is 3.08. The molecule has 0 aromatic rings. The summed E-state index contributed by atoms with van der Waals surface area (Å²) in [5, 5.41) is 0. The summed E-state index contributed by atoms with van der Waals surface area (Å²) in [6.45, 7) is 3.61. The van der Waals surface area contributed by atoms with Gasteiger partial charge in [-0.1, -0.05) is 146 Å². The predicted molar refractivity (Wildman–Crippen MR) is 207 cm³/mol. The van der Waals surface area contributed by atoms with E-state index in [0.717, 1.165) is 70.6 Å². The molecule has 0 bridgehead atoms. The lowest BCUT2D eigenvalue weighted by Crippen LogP contribution is -2.29. The second-order valence-electron chi connectivity index (χ2n) is 13.3. The first-order chi connectivity index (χ1) is 24.3. The molecule has 8 nitrogen and oxygen atoms in total. The van der Waals surface area contributed by atoms with Gasteiger partial charge in [0.2, 0.25) is 0 Å². The topological polar surface area (TPSA) is 119 Å². The van der Waals surface area contributed by atoms with Crippen LogP contribution in [0.2, 0.25) is 0 Å². The van der Waals surface area contributed by atoms with Gasteiger partial charge >= 0.3 is 19.8 Å². The Balaban J connectivity index is 3.99. The van der Waals surface area contributed by atoms with Crippen molar-refractivity contribution in [2.75, 3.05) is 13.2 Å². The van der Waals surface area contributed by atoms with Gasteiger partial charge < -0.3 is 19.3 Å². The minimum absolute atomic E-state index is 0.198. The third-order valence-corrected chi connectivity index (χ3v) is 8.83. The molecule has 0 saturated heterocycles. The van der Waals surface area contributed by atoms with Gasteiger partial charge in [0, 0.05) is 12.8 Å². The van der Waals surface area contributed by atoms with Gasteiger partial charge in [0.1, 0.15) is 6.61 Å². The first-order valence-electron chi connectivity index (χ1n) is 19.9. The van der Waals surface area contributed by atoms with Crippen LogP contribution in [0.5, 0.6) is 0 Å². The monoisotopic (exact) mass is 725 g/mol. The number of esters is 2. The van der Waals surface area contributed by atoms with E-state index in [0.29, 0.717) is 12.8 Å². The molecule has 0 aromatic carbocycles.